The molecule has 2 aromatic rings. The molecule has 0 aliphatic carbocycles. The van der Waals surface area contributed by atoms with Gasteiger partial charge in [-0.1, -0.05) is 23.7 Å². The van der Waals surface area contributed by atoms with Gasteiger partial charge in [-0.15, -0.1) is 0 Å². The maximum absolute atomic E-state index is 12.6. The van der Waals surface area contributed by atoms with Crippen molar-refractivity contribution in [1.82, 2.24) is 9.62 Å². The Kier molecular flexibility index (Phi) is 7.39. The fraction of sp³-hybridized carbons (Fsp3) is 0.409. The number of sulfonamides is 1. The number of nitrogens with one attached hydrogen (secondary N) is 1. The van der Waals surface area contributed by atoms with Gasteiger partial charge in [0.15, 0.2) is 0 Å². The van der Waals surface area contributed by atoms with Gasteiger partial charge < -0.3 is 10.2 Å². The van der Waals surface area contributed by atoms with Crippen LogP contribution in [0.25, 0.3) is 0 Å². The molecule has 0 unspecified atom stereocenters. The second kappa shape index (κ2) is 9.81. The summed E-state index contributed by atoms with van der Waals surface area (Å²) < 4.78 is 26.3. The molecule has 1 atom stereocenters. The molecule has 1 amide bonds. The van der Waals surface area contributed by atoms with E-state index in [1.165, 1.54) is 56.3 Å². The van der Waals surface area contributed by atoms with Crippen molar-refractivity contribution in [3.63, 3.8) is 0 Å². The lowest BCUT2D eigenvalue weighted by Crippen LogP contribution is -2.39. The summed E-state index contributed by atoms with van der Waals surface area (Å²) in [7, 11) is -2.37. The normalized spacial score (nSPS) is 15.8. The molecule has 6 nitrogen and oxygen atoms in total. The number of anilines is 1. The number of hydrogen-bond acceptors (Lipinski definition) is 4. The molecule has 8 heteroatoms. The highest BCUT2D eigenvalue weighted by Gasteiger charge is 2.23. The van der Waals surface area contributed by atoms with Crippen LogP contribution in [0, 0.1) is 0 Å². The van der Waals surface area contributed by atoms with E-state index in [1.807, 2.05) is 19.1 Å². The molecule has 1 heterocycles. The molecule has 1 saturated heterocycles. The Morgan fingerprint density at radius 1 is 1.07 bits per heavy atom. The molecule has 0 saturated carbocycles. The lowest BCUT2D eigenvalue weighted by atomic mass is 10.1. The van der Waals surface area contributed by atoms with Crippen molar-refractivity contribution in [2.45, 2.75) is 37.1 Å². The highest BCUT2D eigenvalue weighted by Crippen LogP contribution is 2.22. The zero-order valence-corrected chi connectivity index (χ0v) is 18.9. The van der Waals surface area contributed by atoms with Crippen LogP contribution in [0.3, 0.4) is 0 Å². The molecule has 1 aliphatic heterocycles. The maximum atomic E-state index is 12.6. The van der Waals surface area contributed by atoms with Gasteiger partial charge in [-0.2, -0.15) is 4.31 Å². The summed E-state index contributed by atoms with van der Waals surface area (Å²) >= 11 is 5.82. The maximum Gasteiger partial charge on any atom is 0.243 e. The molecular formula is C22H28ClN3O3S. The molecule has 1 fully saturated rings. The summed E-state index contributed by atoms with van der Waals surface area (Å²) in [5, 5.41) is 3.33. The number of piperidine rings is 1. The average Bonchev–Trinajstić information content (AvgIpc) is 2.74. The quantitative estimate of drug-likeness (QED) is 0.697. The van der Waals surface area contributed by atoms with Crippen molar-refractivity contribution in [3.05, 3.63) is 59.1 Å². The summed E-state index contributed by atoms with van der Waals surface area (Å²) in [6, 6.07) is 13.9. The molecule has 3 rings (SSSR count). The van der Waals surface area contributed by atoms with Gasteiger partial charge in [-0.05, 0) is 68.1 Å². The number of rotatable bonds is 7. The van der Waals surface area contributed by atoms with Crippen molar-refractivity contribution >= 4 is 33.2 Å². The molecule has 0 aromatic heterocycles. The van der Waals surface area contributed by atoms with E-state index in [2.05, 4.69) is 22.3 Å². The first-order chi connectivity index (χ1) is 14.3. The summed E-state index contributed by atoms with van der Waals surface area (Å²) in [6.45, 7) is 3.79. The van der Waals surface area contributed by atoms with E-state index in [0.29, 0.717) is 5.02 Å². The molecule has 0 radical (unpaired) electrons. The van der Waals surface area contributed by atoms with E-state index in [0.717, 1.165) is 23.0 Å². The Balaban J connectivity index is 1.57. The highest BCUT2D eigenvalue weighted by molar-refractivity contribution is 7.89. The number of carbonyl (C=O) groups excluding carboxylic acids is 1. The Morgan fingerprint density at radius 3 is 2.27 bits per heavy atom. The van der Waals surface area contributed by atoms with Crippen LogP contribution in [0.1, 0.15) is 37.8 Å². The first-order valence-corrected chi connectivity index (χ1v) is 12.0. The highest BCUT2D eigenvalue weighted by atomic mass is 35.5. The van der Waals surface area contributed by atoms with Gasteiger partial charge in [0.25, 0.3) is 0 Å². The van der Waals surface area contributed by atoms with E-state index in [-0.39, 0.29) is 23.4 Å². The average molecular weight is 450 g/mol. The van der Waals surface area contributed by atoms with Crippen molar-refractivity contribution in [1.29, 1.82) is 0 Å². The van der Waals surface area contributed by atoms with Crippen LogP contribution < -0.4 is 10.2 Å². The molecule has 30 heavy (non-hydrogen) atoms. The van der Waals surface area contributed by atoms with Crippen LogP contribution in [0.5, 0.6) is 0 Å². The standard InChI is InChI=1S/C22H28ClN3O3S/c1-17(18-6-10-20(11-7-18)26-14-4-3-5-15-26)24-22(27)16-25(2)30(28,29)21-12-8-19(23)9-13-21/h6-13,17H,3-5,14-16H2,1-2H3,(H,24,27)/t17-/m1/s1. The zero-order valence-electron chi connectivity index (χ0n) is 17.3. The molecule has 0 spiro atoms. The summed E-state index contributed by atoms with van der Waals surface area (Å²) in [5.41, 5.74) is 2.18. The minimum absolute atomic E-state index is 0.101. The predicted octanol–water partition coefficient (Wildman–Crippen LogP) is 3.83. The third-order valence-electron chi connectivity index (χ3n) is 5.38. The van der Waals surface area contributed by atoms with Crippen LogP contribution >= 0.6 is 11.6 Å². The van der Waals surface area contributed by atoms with E-state index in [9.17, 15) is 13.2 Å². The van der Waals surface area contributed by atoms with Gasteiger partial charge in [0, 0.05) is 30.8 Å². The second-order valence-electron chi connectivity index (χ2n) is 7.64. The third-order valence-corrected chi connectivity index (χ3v) is 7.45. The van der Waals surface area contributed by atoms with E-state index < -0.39 is 10.0 Å². The molecule has 1 N–H and O–H groups in total. The zero-order chi connectivity index (χ0) is 21.7. The summed E-state index contributed by atoms with van der Waals surface area (Å²) in [5.74, 6) is -0.359. The van der Waals surface area contributed by atoms with Crippen molar-refractivity contribution < 1.29 is 13.2 Å². The Morgan fingerprint density at radius 2 is 1.67 bits per heavy atom. The SMILES string of the molecule is C[C@@H](NC(=O)CN(C)S(=O)(=O)c1ccc(Cl)cc1)c1ccc(N2CCCCC2)cc1. The van der Waals surface area contributed by atoms with E-state index in [1.54, 1.807) is 0 Å². The number of carbonyl (C=O) groups is 1. The molecule has 162 valence electrons. The smallest absolute Gasteiger partial charge is 0.243 e. The van der Waals surface area contributed by atoms with Crippen molar-refractivity contribution in [3.8, 4) is 0 Å². The van der Waals surface area contributed by atoms with Crippen LogP contribution in [0.4, 0.5) is 5.69 Å². The molecule has 2 aromatic carbocycles. The third kappa shape index (κ3) is 5.53. The predicted molar refractivity (Wildman–Crippen MR) is 120 cm³/mol. The molecule has 0 bridgehead atoms. The molecular weight excluding hydrogens is 422 g/mol. The monoisotopic (exact) mass is 449 g/mol. The number of hydrogen-bond donors (Lipinski definition) is 1. The first kappa shape index (κ1) is 22.6. The Hall–Kier alpha value is -2.09. The number of benzene rings is 2. The Labute approximate surface area is 183 Å². The fourth-order valence-corrected chi connectivity index (χ4v) is 4.82. The number of halogens is 1. The van der Waals surface area contributed by atoms with Gasteiger partial charge >= 0.3 is 0 Å². The lowest BCUT2D eigenvalue weighted by Gasteiger charge is -2.29. The van der Waals surface area contributed by atoms with Crippen molar-refractivity contribution in [2.75, 3.05) is 31.6 Å². The van der Waals surface area contributed by atoms with Crippen LogP contribution in [-0.2, 0) is 14.8 Å². The molecule has 1 aliphatic rings. The van der Waals surface area contributed by atoms with Gasteiger partial charge in [0.05, 0.1) is 17.5 Å². The minimum atomic E-state index is -3.76. The number of amides is 1. The van der Waals surface area contributed by atoms with Gasteiger partial charge in [0.2, 0.25) is 15.9 Å². The largest absolute Gasteiger partial charge is 0.372 e. The fourth-order valence-electron chi connectivity index (χ4n) is 3.57. The Bertz CT molecular complexity index is 956. The number of likely N-dealkylation sites (N-methyl/N-ethyl adjacent to an activating group) is 1. The minimum Gasteiger partial charge on any atom is -0.372 e. The van der Waals surface area contributed by atoms with E-state index >= 15 is 0 Å². The van der Waals surface area contributed by atoms with Crippen LogP contribution in [0.2, 0.25) is 5.02 Å². The van der Waals surface area contributed by atoms with Crippen LogP contribution in [0.15, 0.2) is 53.4 Å². The second-order valence-corrected chi connectivity index (χ2v) is 10.1. The summed E-state index contributed by atoms with van der Waals surface area (Å²) in [6.07, 6.45) is 3.74. The van der Waals surface area contributed by atoms with Gasteiger partial charge in [-0.25, -0.2) is 8.42 Å². The van der Waals surface area contributed by atoms with Crippen LogP contribution in [-0.4, -0.2) is 45.3 Å². The summed E-state index contributed by atoms with van der Waals surface area (Å²) in [4.78, 5) is 14.9. The van der Waals surface area contributed by atoms with E-state index in [4.69, 9.17) is 11.6 Å². The van der Waals surface area contributed by atoms with Crippen molar-refractivity contribution in [2.24, 2.45) is 0 Å². The van der Waals surface area contributed by atoms with Gasteiger partial charge in [0.1, 0.15) is 0 Å². The lowest BCUT2D eigenvalue weighted by molar-refractivity contribution is -0.121. The first-order valence-electron chi connectivity index (χ1n) is 10.1. The van der Waals surface area contributed by atoms with Gasteiger partial charge in [-0.3, -0.25) is 4.79 Å². The number of nitrogens with zero attached hydrogens (tertiary/aromatic N) is 2. The topological polar surface area (TPSA) is 69.7 Å².